The van der Waals surface area contributed by atoms with Crippen molar-refractivity contribution in [1.29, 1.82) is 0 Å². The molecule has 1 aromatic heterocycles. The van der Waals surface area contributed by atoms with Crippen LogP contribution in [0.2, 0.25) is 0 Å². The molecule has 1 atom stereocenters. The molecule has 2 nitrogen and oxygen atoms in total. The molecule has 0 aliphatic carbocycles. The first-order valence-corrected chi connectivity index (χ1v) is 8.49. The van der Waals surface area contributed by atoms with E-state index in [0.29, 0.717) is 0 Å². The number of hydrogen-bond acceptors (Lipinski definition) is 4. The Bertz CT molecular complexity index is 489. The molecule has 0 radical (unpaired) electrons. The lowest BCUT2D eigenvalue weighted by atomic mass is 9.91. The Morgan fingerprint density at radius 2 is 2.22 bits per heavy atom. The molecule has 1 aliphatic rings. The maximum Gasteiger partial charge on any atom is 0.0985 e. The fourth-order valence-corrected chi connectivity index (χ4v) is 5.37. The minimum atomic E-state index is -0.115. The zero-order chi connectivity index (χ0) is 13.5. The van der Waals surface area contributed by atoms with Gasteiger partial charge in [0.15, 0.2) is 0 Å². The van der Waals surface area contributed by atoms with Crippen molar-refractivity contribution >= 4 is 39.0 Å². The van der Waals surface area contributed by atoms with Gasteiger partial charge < -0.3 is 10.2 Å². The number of nitrogens with one attached hydrogen (secondary N) is 1. The quantitative estimate of drug-likeness (QED) is 0.802. The van der Waals surface area contributed by atoms with Crippen molar-refractivity contribution in [1.82, 2.24) is 10.2 Å². The Morgan fingerprint density at radius 3 is 2.78 bits per heavy atom. The van der Waals surface area contributed by atoms with E-state index in [1.807, 2.05) is 11.9 Å². The van der Waals surface area contributed by atoms with E-state index in [4.69, 9.17) is 0 Å². The fraction of sp³-hybridized carbons (Fsp3) is 0.385. The summed E-state index contributed by atoms with van der Waals surface area (Å²) >= 11 is 7.17. The molecule has 1 aliphatic heterocycles. The molecule has 98 valence electrons. The third kappa shape index (κ3) is 2.24. The summed E-state index contributed by atoms with van der Waals surface area (Å²) in [5.41, 5.74) is 0.980. The molecular weight excluding hydrogens is 328 g/mol. The Hall–Kier alpha value is -0.390. The molecule has 0 saturated carbocycles. The molecule has 2 heterocycles. The van der Waals surface area contributed by atoms with Gasteiger partial charge in [-0.2, -0.15) is 0 Å². The molecule has 1 fully saturated rings. The van der Waals surface area contributed by atoms with Crippen LogP contribution in [0, 0.1) is 0 Å². The largest absolute Gasteiger partial charge is 0.361 e. The van der Waals surface area contributed by atoms with Crippen LogP contribution in [-0.2, 0) is 5.54 Å². The predicted molar refractivity (Wildman–Crippen MR) is 84.9 cm³/mol. The minimum absolute atomic E-state index is 0.115. The highest BCUT2D eigenvalue weighted by Crippen LogP contribution is 2.45. The second kappa shape index (κ2) is 4.94. The topological polar surface area (TPSA) is 15.3 Å². The van der Waals surface area contributed by atoms with Crippen molar-refractivity contribution in [2.24, 2.45) is 0 Å². The molecule has 5 heteroatoms. The Morgan fingerprint density at radius 1 is 1.56 bits per heavy atom. The summed E-state index contributed by atoms with van der Waals surface area (Å²) in [6, 6.07) is 0. The molecule has 0 unspecified atom stereocenters. The smallest absolute Gasteiger partial charge is 0.0985 e. The Labute approximate surface area is 125 Å². The Kier molecular flexibility index (Phi) is 3.85. The lowest BCUT2D eigenvalue weighted by Gasteiger charge is -2.43. The van der Waals surface area contributed by atoms with Crippen LogP contribution in [0.5, 0.6) is 0 Å². The van der Waals surface area contributed by atoms with Gasteiger partial charge in [-0.3, -0.25) is 0 Å². The molecule has 0 amide bonds. The lowest BCUT2D eigenvalue weighted by molar-refractivity contribution is 0.269. The highest BCUT2D eigenvalue weighted by atomic mass is 79.9. The van der Waals surface area contributed by atoms with E-state index >= 15 is 0 Å². The first kappa shape index (κ1) is 14.0. The summed E-state index contributed by atoms with van der Waals surface area (Å²) in [7, 11) is 2.00. The second-order valence-electron chi connectivity index (χ2n) is 4.65. The van der Waals surface area contributed by atoms with Crippen LogP contribution in [0.1, 0.15) is 18.2 Å². The molecule has 0 bridgehead atoms. The summed E-state index contributed by atoms with van der Waals surface area (Å²) in [6.45, 7) is 10.4. The average Bonchev–Trinajstić information content (AvgIpc) is 2.68. The predicted octanol–water partition coefficient (Wildman–Crippen LogP) is 4.36. The molecule has 2 rings (SSSR count). The van der Waals surface area contributed by atoms with Gasteiger partial charge in [0.1, 0.15) is 0 Å². The average molecular weight is 345 g/mol. The van der Waals surface area contributed by atoms with Gasteiger partial charge in [0.05, 0.1) is 11.4 Å². The monoisotopic (exact) mass is 344 g/mol. The highest BCUT2D eigenvalue weighted by molar-refractivity contribution is 9.10. The highest BCUT2D eigenvalue weighted by Gasteiger charge is 2.37. The SMILES string of the molecule is C=C1C[C@@](C)(c2scc(Br)c2SC)NC(=C)N1C. The van der Waals surface area contributed by atoms with Crippen molar-refractivity contribution in [3.05, 3.63) is 39.4 Å². The molecule has 1 aromatic rings. The number of rotatable bonds is 2. The fourth-order valence-electron chi connectivity index (χ4n) is 2.20. The molecular formula is C13H17BrN2S2. The van der Waals surface area contributed by atoms with Crippen molar-refractivity contribution in [3.63, 3.8) is 0 Å². The van der Waals surface area contributed by atoms with Crippen LogP contribution in [-0.4, -0.2) is 18.2 Å². The first-order valence-electron chi connectivity index (χ1n) is 5.59. The van der Waals surface area contributed by atoms with Crippen LogP contribution in [0.25, 0.3) is 0 Å². The number of halogens is 1. The van der Waals surface area contributed by atoms with Gasteiger partial charge in [-0.15, -0.1) is 23.1 Å². The van der Waals surface area contributed by atoms with E-state index < -0.39 is 0 Å². The number of nitrogens with zero attached hydrogens (tertiary/aromatic N) is 1. The van der Waals surface area contributed by atoms with Gasteiger partial charge in [-0.25, -0.2) is 0 Å². The van der Waals surface area contributed by atoms with Gasteiger partial charge in [-0.1, -0.05) is 13.2 Å². The zero-order valence-corrected chi connectivity index (χ0v) is 14.1. The molecule has 0 spiro atoms. The lowest BCUT2D eigenvalue weighted by Crippen LogP contribution is -2.48. The van der Waals surface area contributed by atoms with E-state index in [2.05, 4.69) is 53.0 Å². The number of hydrogen-bond donors (Lipinski definition) is 1. The normalized spacial score (nSPS) is 24.3. The van der Waals surface area contributed by atoms with E-state index in [9.17, 15) is 0 Å². The summed E-state index contributed by atoms with van der Waals surface area (Å²) in [6.07, 6.45) is 3.00. The number of thiophene rings is 1. The van der Waals surface area contributed by atoms with Gasteiger partial charge >= 0.3 is 0 Å². The van der Waals surface area contributed by atoms with Crippen LogP contribution < -0.4 is 5.32 Å². The number of thioether (sulfide) groups is 1. The van der Waals surface area contributed by atoms with E-state index in [1.165, 1.54) is 14.2 Å². The van der Waals surface area contributed by atoms with Crippen LogP contribution in [0.3, 0.4) is 0 Å². The van der Waals surface area contributed by atoms with Crippen molar-refractivity contribution in [2.75, 3.05) is 13.3 Å². The zero-order valence-electron chi connectivity index (χ0n) is 10.8. The van der Waals surface area contributed by atoms with Crippen molar-refractivity contribution in [3.8, 4) is 0 Å². The van der Waals surface area contributed by atoms with E-state index in [1.54, 1.807) is 23.1 Å². The molecule has 1 N–H and O–H groups in total. The maximum atomic E-state index is 4.14. The first-order chi connectivity index (χ1) is 8.39. The summed E-state index contributed by atoms with van der Waals surface area (Å²) in [4.78, 5) is 4.67. The van der Waals surface area contributed by atoms with E-state index in [-0.39, 0.29) is 5.54 Å². The Balaban J connectivity index is 2.42. The summed E-state index contributed by atoms with van der Waals surface area (Å²) in [5.74, 6) is 0.908. The van der Waals surface area contributed by atoms with Crippen LogP contribution in [0.15, 0.2) is 39.4 Å². The van der Waals surface area contributed by atoms with Gasteiger partial charge in [0, 0.05) is 38.8 Å². The molecule has 0 aromatic carbocycles. The minimum Gasteiger partial charge on any atom is -0.361 e. The summed E-state index contributed by atoms with van der Waals surface area (Å²) in [5, 5.41) is 5.67. The standard InChI is InChI=1S/C13H17BrN2S2/c1-8-6-13(3,15-9(2)16(8)4)12-11(17-5)10(14)7-18-12/h7,15H,1-2,6H2,3-5H3/t13-/m0/s1. The van der Waals surface area contributed by atoms with E-state index in [0.717, 1.165) is 17.9 Å². The van der Waals surface area contributed by atoms with Crippen molar-refractivity contribution in [2.45, 2.75) is 23.8 Å². The van der Waals surface area contributed by atoms with Gasteiger partial charge in [0.25, 0.3) is 0 Å². The van der Waals surface area contributed by atoms with Crippen molar-refractivity contribution < 1.29 is 0 Å². The van der Waals surface area contributed by atoms with Crippen LogP contribution in [0.4, 0.5) is 0 Å². The van der Waals surface area contributed by atoms with Gasteiger partial charge in [0.2, 0.25) is 0 Å². The third-order valence-corrected chi connectivity index (χ3v) is 6.66. The third-order valence-electron chi connectivity index (χ3n) is 3.27. The maximum absolute atomic E-state index is 4.14. The van der Waals surface area contributed by atoms with Gasteiger partial charge in [-0.05, 0) is 29.1 Å². The molecule has 1 saturated heterocycles. The molecule has 18 heavy (non-hydrogen) atoms. The second-order valence-corrected chi connectivity index (χ2v) is 7.20. The van der Waals surface area contributed by atoms with Crippen LogP contribution >= 0.6 is 39.0 Å². The summed E-state index contributed by atoms with van der Waals surface area (Å²) < 4.78 is 1.17.